The van der Waals surface area contributed by atoms with Crippen LogP contribution in [0.25, 0.3) is 0 Å². The molecule has 0 aliphatic rings. The van der Waals surface area contributed by atoms with Gasteiger partial charge in [0.2, 0.25) is 0 Å². The summed E-state index contributed by atoms with van der Waals surface area (Å²) in [5, 5.41) is 21.6. The highest BCUT2D eigenvalue weighted by atomic mass is 16.6. The topological polar surface area (TPSA) is 81.0 Å². The van der Waals surface area contributed by atoms with Crippen LogP contribution in [0.5, 0.6) is 0 Å². The molecule has 1 aromatic carbocycles. The van der Waals surface area contributed by atoms with Crippen LogP contribution < -0.4 is 5.32 Å². The Morgan fingerprint density at radius 1 is 1.28 bits per heavy atom. The average Bonchev–Trinajstić information content (AvgIpc) is 2.38. The number of rotatable bonds is 4. The van der Waals surface area contributed by atoms with Crippen molar-refractivity contribution in [2.45, 2.75) is 13.5 Å². The van der Waals surface area contributed by atoms with Crippen molar-refractivity contribution in [3.05, 3.63) is 57.8 Å². The minimum atomic E-state index is -0.408. The Balaban J connectivity index is 2.04. The summed E-state index contributed by atoms with van der Waals surface area (Å²) in [5.41, 5.74) is 1.76. The molecule has 0 spiro atoms. The second kappa shape index (κ2) is 5.22. The van der Waals surface area contributed by atoms with Gasteiger partial charge >= 0.3 is 0 Å². The van der Waals surface area contributed by atoms with E-state index < -0.39 is 4.92 Å². The fraction of sp³-hybridized carbons (Fsp3) is 0.167. The Morgan fingerprint density at radius 3 is 2.78 bits per heavy atom. The quantitative estimate of drug-likeness (QED) is 0.659. The van der Waals surface area contributed by atoms with E-state index in [-0.39, 0.29) is 5.69 Å². The number of hydrogen-bond acceptors (Lipinski definition) is 5. The van der Waals surface area contributed by atoms with Gasteiger partial charge in [0, 0.05) is 18.7 Å². The summed E-state index contributed by atoms with van der Waals surface area (Å²) in [6, 6.07) is 10.2. The summed E-state index contributed by atoms with van der Waals surface area (Å²) in [5.74, 6) is 0.645. The van der Waals surface area contributed by atoms with Gasteiger partial charge in [-0.25, -0.2) is 0 Å². The van der Waals surface area contributed by atoms with Crippen LogP contribution in [0.1, 0.15) is 11.3 Å². The maximum absolute atomic E-state index is 10.6. The van der Waals surface area contributed by atoms with Crippen molar-refractivity contribution in [3.8, 4) is 0 Å². The lowest BCUT2D eigenvalue weighted by Gasteiger charge is -2.04. The molecule has 0 fully saturated rings. The third-order valence-corrected chi connectivity index (χ3v) is 2.39. The van der Waals surface area contributed by atoms with Crippen molar-refractivity contribution in [1.29, 1.82) is 0 Å². The molecule has 1 aromatic heterocycles. The number of nitro groups is 1. The van der Waals surface area contributed by atoms with E-state index in [1.54, 1.807) is 6.07 Å². The first kappa shape index (κ1) is 12.0. The molecule has 0 atom stereocenters. The fourth-order valence-electron chi connectivity index (χ4n) is 1.47. The van der Waals surface area contributed by atoms with Gasteiger partial charge in [0.1, 0.15) is 5.82 Å². The average molecular weight is 244 g/mol. The molecule has 0 saturated carbocycles. The van der Waals surface area contributed by atoms with Crippen LogP contribution in [-0.2, 0) is 6.54 Å². The van der Waals surface area contributed by atoms with Crippen LogP contribution >= 0.6 is 0 Å². The number of nitrogens with one attached hydrogen (secondary N) is 1. The van der Waals surface area contributed by atoms with Crippen molar-refractivity contribution in [3.63, 3.8) is 0 Å². The molecule has 0 amide bonds. The molecule has 2 aromatic rings. The summed E-state index contributed by atoms with van der Waals surface area (Å²) in [7, 11) is 0. The van der Waals surface area contributed by atoms with Gasteiger partial charge < -0.3 is 5.32 Å². The molecule has 18 heavy (non-hydrogen) atoms. The first-order chi connectivity index (χ1) is 8.65. The van der Waals surface area contributed by atoms with Crippen molar-refractivity contribution in [2.75, 3.05) is 5.32 Å². The summed E-state index contributed by atoms with van der Waals surface area (Å²) in [6.45, 7) is 2.33. The van der Waals surface area contributed by atoms with Gasteiger partial charge in [0.15, 0.2) is 0 Å². The van der Waals surface area contributed by atoms with E-state index in [0.717, 1.165) is 11.3 Å². The molecule has 0 saturated heterocycles. The number of nitro benzene ring substituents is 1. The second-order valence-electron chi connectivity index (χ2n) is 3.84. The molecular weight excluding hydrogens is 232 g/mol. The zero-order chi connectivity index (χ0) is 13.0. The van der Waals surface area contributed by atoms with Gasteiger partial charge in [-0.15, -0.1) is 5.10 Å². The Morgan fingerprint density at radius 2 is 2.11 bits per heavy atom. The number of benzene rings is 1. The Kier molecular flexibility index (Phi) is 3.47. The van der Waals surface area contributed by atoms with Crippen LogP contribution in [0.2, 0.25) is 0 Å². The third kappa shape index (κ3) is 3.00. The Hall–Kier alpha value is -2.50. The van der Waals surface area contributed by atoms with Gasteiger partial charge in [0.05, 0.1) is 10.6 Å². The van der Waals surface area contributed by atoms with E-state index in [4.69, 9.17) is 0 Å². The zero-order valence-electron chi connectivity index (χ0n) is 9.83. The number of anilines is 1. The highest BCUT2D eigenvalue weighted by molar-refractivity contribution is 5.38. The van der Waals surface area contributed by atoms with Crippen LogP contribution in [0, 0.1) is 17.0 Å². The van der Waals surface area contributed by atoms with Gasteiger partial charge in [0.25, 0.3) is 5.69 Å². The summed E-state index contributed by atoms with van der Waals surface area (Å²) >= 11 is 0. The monoisotopic (exact) mass is 244 g/mol. The highest BCUT2D eigenvalue weighted by Gasteiger charge is 2.05. The summed E-state index contributed by atoms with van der Waals surface area (Å²) < 4.78 is 0. The van der Waals surface area contributed by atoms with Crippen LogP contribution in [0.4, 0.5) is 11.5 Å². The molecule has 0 aliphatic carbocycles. The Labute approximate surface area is 104 Å². The van der Waals surface area contributed by atoms with Crippen LogP contribution in [0.15, 0.2) is 36.4 Å². The van der Waals surface area contributed by atoms with E-state index in [1.807, 2.05) is 25.1 Å². The lowest BCUT2D eigenvalue weighted by atomic mass is 10.2. The smallest absolute Gasteiger partial charge is 0.269 e. The molecule has 0 radical (unpaired) electrons. The molecule has 1 heterocycles. The Bertz CT molecular complexity index is 554. The lowest BCUT2D eigenvalue weighted by molar-refractivity contribution is -0.384. The van der Waals surface area contributed by atoms with Crippen molar-refractivity contribution < 1.29 is 4.92 Å². The molecule has 92 valence electrons. The minimum absolute atomic E-state index is 0.0873. The van der Waals surface area contributed by atoms with Crippen molar-refractivity contribution in [2.24, 2.45) is 0 Å². The van der Waals surface area contributed by atoms with Gasteiger partial charge in [-0.1, -0.05) is 12.1 Å². The van der Waals surface area contributed by atoms with Gasteiger partial charge in [-0.2, -0.15) is 5.10 Å². The molecule has 0 bridgehead atoms. The van der Waals surface area contributed by atoms with Crippen LogP contribution in [0.3, 0.4) is 0 Å². The predicted octanol–water partition coefficient (Wildman–Crippen LogP) is 2.31. The van der Waals surface area contributed by atoms with E-state index in [0.29, 0.717) is 12.4 Å². The molecule has 0 aliphatic heterocycles. The normalized spacial score (nSPS) is 10.1. The first-order valence-corrected chi connectivity index (χ1v) is 5.43. The van der Waals surface area contributed by atoms with E-state index in [2.05, 4.69) is 15.5 Å². The fourth-order valence-corrected chi connectivity index (χ4v) is 1.47. The minimum Gasteiger partial charge on any atom is -0.365 e. The molecule has 6 heteroatoms. The van der Waals surface area contributed by atoms with E-state index in [9.17, 15) is 10.1 Å². The number of hydrogen-bond donors (Lipinski definition) is 1. The first-order valence-electron chi connectivity index (χ1n) is 5.43. The molecule has 2 rings (SSSR count). The number of aryl methyl sites for hydroxylation is 1. The SMILES string of the molecule is Cc1ccc(NCc2cccc([N+](=O)[O-])c2)nn1. The van der Waals surface area contributed by atoms with E-state index in [1.165, 1.54) is 12.1 Å². The largest absolute Gasteiger partial charge is 0.365 e. The molecule has 1 N–H and O–H groups in total. The summed E-state index contributed by atoms with van der Waals surface area (Å²) in [4.78, 5) is 10.2. The highest BCUT2D eigenvalue weighted by Crippen LogP contribution is 2.14. The van der Waals surface area contributed by atoms with Gasteiger partial charge in [-0.05, 0) is 24.6 Å². The second-order valence-corrected chi connectivity index (χ2v) is 3.84. The molecule has 0 unspecified atom stereocenters. The standard InChI is InChI=1S/C12H12N4O2/c1-9-5-6-12(15-14-9)13-8-10-3-2-4-11(7-10)16(17)18/h2-7H,8H2,1H3,(H,13,15). The third-order valence-electron chi connectivity index (χ3n) is 2.39. The van der Waals surface area contributed by atoms with E-state index >= 15 is 0 Å². The maximum atomic E-state index is 10.6. The lowest BCUT2D eigenvalue weighted by Crippen LogP contribution is -2.03. The maximum Gasteiger partial charge on any atom is 0.269 e. The number of aromatic nitrogens is 2. The zero-order valence-corrected chi connectivity index (χ0v) is 9.83. The van der Waals surface area contributed by atoms with Gasteiger partial charge in [-0.3, -0.25) is 10.1 Å². The summed E-state index contributed by atoms with van der Waals surface area (Å²) in [6.07, 6.45) is 0. The van der Waals surface area contributed by atoms with Crippen LogP contribution in [-0.4, -0.2) is 15.1 Å². The number of nitrogens with zero attached hydrogens (tertiary/aromatic N) is 3. The van der Waals surface area contributed by atoms with Crippen molar-refractivity contribution >= 4 is 11.5 Å². The molecular formula is C12H12N4O2. The van der Waals surface area contributed by atoms with Crippen molar-refractivity contribution in [1.82, 2.24) is 10.2 Å². The predicted molar refractivity (Wildman–Crippen MR) is 67.2 cm³/mol. The number of non-ortho nitro benzene ring substituents is 1. The molecule has 6 nitrogen and oxygen atoms in total.